The molecule has 1 heterocycles. The molecule has 0 radical (unpaired) electrons. The zero-order chi connectivity index (χ0) is 15.5. The molecule has 0 saturated heterocycles. The number of nitrogens with one attached hydrogen (secondary N) is 1. The Morgan fingerprint density at radius 2 is 1.82 bits per heavy atom. The van der Waals surface area contributed by atoms with Gasteiger partial charge in [-0.1, -0.05) is 46.3 Å². The van der Waals surface area contributed by atoms with E-state index in [0.717, 1.165) is 10.0 Å². The zero-order valence-corrected chi connectivity index (χ0v) is 13.1. The second-order valence-corrected chi connectivity index (χ2v) is 5.71. The lowest BCUT2D eigenvalue weighted by atomic mass is 10.1. The Morgan fingerprint density at radius 1 is 1.09 bits per heavy atom. The third kappa shape index (κ3) is 3.09. The van der Waals surface area contributed by atoms with E-state index in [4.69, 9.17) is 4.74 Å². The Balaban J connectivity index is 1.86. The Hall–Kier alpha value is -2.40. The minimum Gasteiger partial charge on any atom is -0.457 e. The van der Waals surface area contributed by atoms with Gasteiger partial charge in [0.25, 0.3) is 0 Å². The molecule has 0 unspecified atom stereocenters. The summed E-state index contributed by atoms with van der Waals surface area (Å²) in [6, 6.07) is 15.9. The van der Waals surface area contributed by atoms with Gasteiger partial charge in [-0.25, -0.2) is 4.79 Å². The molecule has 1 aromatic heterocycles. The fourth-order valence-corrected chi connectivity index (χ4v) is 2.45. The molecule has 2 aromatic carbocycles. The summed E-state index contributed by atoms with van der Waals surface area (Å²) in [7, 11) is 0. The fourth-order valence-electron chi connectivity index (χ4n) is 2.18. The van der Waals surface area contributed by atoms with Crippen molar-refractivity contribution in [3.05, 3.63) is 80.6 Å². The van der Waals surface area contributed by atoms with Gasteiger partial charge in [0.05, 0.1) is 5.56 Å². The molecule has 0 atom stereocenters. The highest BCUT2D eigenvalue weighted by molar-refractivity contribution is 9.10. The standard InChI is InChI=1S/C17H12BrNO3/c18-12-7-5-11(6-8-12)10-22-17(21)14-9-16(20)19-15-4-2-1-3-13(14)15/h1-9H,10H2,(H,19,20). The van der Waals surface area contributed by atoms with Crippen LogP contribution in [0.2, 0.25) is 0 Å². The first kappa shape index (κ1) is 14.5. The number of H-pyrrole nitrogens is 1. The molecule has 3 aromatic rings. The summed E-state index contributed by atoms with van der Waals surface area (Å²) in [5.74, 6) is -0.509. The fraction of sp³-hybridized carbons (Fsp3) is 0.0588. The van der Waals surface area contributed by atoms with Gasteiger partial charge in [0.1, 0.15) is 6.61 Å². The van der Waals surface area contributed by atoms with E-state index in [1.54, 1.807) is 18.2 Å². The largest absolute Gasteiger partial charge is 0.457 e. The van der Waals surface area contributed by atoms with Crippen LogP contribution in [0.5, 0.6) is 0 Å². The molecule has 5 heteroatoms. The number of esters is 1. The van der Waals surface area contributed by atoms with Gasteiger partial charge in [0.2, 0.25) is 5.56 Å². The smallest absolute Gasteiger partial charge is 0.339 e. The van der Waals surface area contributed by atoms with Crippen LogP contribution < -0.4 is 5.56 Å². The molecule has 0 spiro atoms. The molecule has 0 amide bonds. The van der Waals surface area contributed by atoms with Crippen molar-refractivity contribution in [2.45, 2.75) is 6.61 Å². The van der Waals surface area contributed by atoms with Crippen LogP contribution in [0.3, 0.4) is 0 Å². The normalized spacial score (nSPS) is 10.6. The molecule has 0 aliphatic rings. The van der Waals surface area contributed by atoms with Gasteiger partial charge >= 0.3 is 5.97 Å². The molecule has 110 valence electrons. The van der Waals surface area contributed by atoms with E-state index in [9.17, 15) is 9.59 Å². The summed E-state index contributed by atoms with van der Waals surface area (Å²) in [6.45, 7) is 0.160. The van der Waals surface area contributed by atoms with Crippen LogP contribution in [0.15, 0.2) is 63.9 Å². The van der Waals surface area contributed by atoms with E-state index < -0.39 is 5.97 Å². The van der Waals surface area contributed by atoms with Crippen molar-refractivity contribution >= 4 is 32.8 Å². The van der Waals surface area contributed by atoms with Crippen LogP contribution in [-0.4, -0.2) is 11.0 Å². The summed E-state index contributed by atoms with van der Waals surface area (Å²) in [4.78, 5) is 26.6. The predicted molar refractivity (Wildman–Crippen MR) is 87.8 cm³/mol. The van der Waals surface area contributed by atoms with E-state index in [-0.39, 0.29) is 17.7 Å². The van der Waals surface area contributed by atoms with E-state index in [0.29, 0.717) is 10.9 Å². The van der Waals surface area contributed by atoms with Crippen LogP contribution >= 0.6 is 15.9 Å². The highest BCUT2D eigenvalue weighted by Crippen LogP contribution is 2.17. The number of benzene rings is 2. The monoisotopic (exact) mass is 357 g/mol. The number of para-hydroxylation sites is 1. The van der Waals surface area contributed by atoms with Crippen molar-refractivity contribution in [3.63, 3.8) is 0 Å². The van der Waals surface area contributed by atoms with Crippen LogP contribution in [0, 0.1) is 0 Å². The summed E-state index contributed by atoms with van der Waals surface area (Å²) in [5.41, 5.74) is 1.45. The maximum Gasteiger partial charge on any atom is 0.339 e. The van der Waals surface area contributed by atoms with Gasteiger partial charge in [-0.3, -0.25) is 4.79 Å². The molecule has 0 bridgehead atoms. The number of halogens is 1. The minimum atomic E-state index is -0.509. The van der Waals surface area contributed by atoms with E-state index in [2.05, 4.69) is 20.9 Å². The molecule has 22 heavy (non-hydrogen) atoms. The maximum atomic E-state index is 12.3. The van der Waals surface area contributed by atoms with Gasteiger partial charge < -0.3 is 9.72 Å². The molecule has 4 nitrogen and oxygen atoms in total. The average molecular weight is 358 g/mol. The summed E-state index contributed by atoms with van der Waals surface area (Å²) >= 11 is 3.35. The number of aromatic amines is 1. The second kappa shape index (κ2) is 6.15. The number of carbonyl (C=O) groups excluding carboxylic acids is 1. The van der Waals surface area contributed by atoms with Crippen LogP contribution in [-0.2, 0) is 11.3 Å². The molecule has 1 N–H and O–H groups in total. The van der Waals surface area contributed by atoms with E-state index >= 15 is 0 Å². The molecular weight excluding hydrogens is 346 g/mol. The lowest BCUT2D eigenvalue weighted by Crippen LogP contribution is -2.12. The number of pyridine rings is 1. The minimum absolute atomic E-state index is 0.160. The molecule has 3 rings (SSSR count). The zero-order valence-electron chi connectivity index (χ0n) is 11.5. The number of aromatic nitrogens is 1. The summed E-state index contributed by atoms with van der Waals surface area (Å²) < 4.78 is 6.27. The van der Waals surface area contributed by atoms with Gasteiger partial charge in [0, 0.05) is 21.4 Å². The highest BCUT2D eigenvalue weighted by atomic mass is 79.9. The Kier molecular flexibility index (Phi) is 4.06. The van der Waals surface area contributed by atoms with E-state index in [1.807, 2.05) is 30.3 Å². The second-order valence-electron chi connectivity index (χ2n) is 4.80. The Labute approximate surface area is 134 Å². The Bertz CT molecular complexity index is 884. The topological polar surface area (TPSA) is 59.2 Å². The molecule has 0 saturated carbocycles. The quantitative estimate of drug-likeness (QED) is 0.727. The van der Waals surface area contributed by atoms with Gasteiger partial charge in [-0.2, -0.15) is 0 Å². The van der Waals surface area contributed by atoms with Crippen molar-refractivity contribution in [1.29, 1.82) is 0 Å². The molecule has 0 fully saturated rings. The lowest BCUT2D eigenvalue weighted by molar-refractivity contribution is 0.0475. The SMILES string of the molecule is O=C(OCc1ccc(Br)cc1)c1cc(=O)[nH]c2ccccc12. The van der Waals surface area contributed by atoms with Crippen molar-refractivity contribution in [2.75, 3.05) is 0 Å². The number of carbonyl (C=O) groups is 1. The molecule has 0 aliphatic carbocycles. The van der Waals surface area contributed by atoms with Crippen molar-refractivity contribution in [2.24, 2.45) is 0 Å². The van der Waals surface area contributed by atoms with Crippen LogP contribution in [0.1, 0.15) is 15.9 Å². The molecule has 0 aliphatic heterocycles. The van der Waals surface area contributed by atoms with Crippen LogP contribution in [0.4, 0.5) is 0 Å². The first-order chi connectivity index (χ1) is 10.6. The van der Waals surface area contributed by atoms with Crippen LogP contribution in [0.25, 0.3) is 10.9 Å². The summed E-state index contributed by atoms with van der Waals surface area (Å²) in [5, 5.41) is 0.669. The predicted octanol–water partition coefficient (Wildman–Crippen LogP) is 3.65. The average Bonchev–Trinajstić information content (AvgIpc) is 2.53. The third-order valence-corrected chi connectivity index (χ3v) is 3.78. The number of fused-ring (bicyclic) bond motifs is 1. The number of rotatable bonds is 3. The number of ether oxygens (including phenoxy) is 1. The molecular formula is C17H12BrNO3. The third-order valence-electron chi connectivity index (χ3n) is 3.25. The van der Waals surface area contributed by atoms with E-state index in [1.165, 1.54) is 6.07 Å². The van der Waals surface area contributed by atoms with Gasteiger partial charge in [-0.15, -0.1) is 0 Å². The van der Waals surface area contributed by atoms with Crippen molar-refractivity contribution in [3.8, 4) is 0 Å². The van der Waals surface area contributed by atoms with Crippen molar-refractivity contribution < 1.29 is 9.53 Å². The van der Waals surface area contributed by atoms with Crippen molar-refractivity contribution in [1.82, 2.24) is 4.98 Å². The summed E-state index contributed by atoms with van der Waals surface area (Å²) in [6.07, 6.45) is 0. The Morgan fingerprint density at radius 3 is 2.59 bits per heavy atom. The number of hydrogen-bond donors (Lipinski definition) is 1. The lowest BCUT2D eigenvalue weighted by Gasteiger charge is -2.07. The first-order valence-electron chi connectivity index (χ1n) is 6.67. The highest BCUT2D eigenvalue weighted by Gasteiger charge is 2.13. The first-order valence-corrected chi connectivity index (χ1v) is 7.46. The number of hydrogen-bond acceptors (Lipinski definition) is 3. The maximum absolute atomic E-state index is 12.3. The van der Waals surface area contributed by atoms with Gasteiger partial charge in [-0.05, 0) is 23.8 Å². The van der Waals surface area contributed by atoms with Gasteiger partial charge in [0.15, 0.2) is 0 Å².